The van der Waals surface area contributed by atoms with E-state index in [0.29, 0.717) is 0 Å². The maximum atomic E-state index is 4.39. The summed E-state index contributed by atoms with van der Waals surface area (Å²) in [6, 6.07) is 8.93. The van der Waals surface area contributed by atoms with Crippen molar-refractivity contribution in [2.75, 3.05) is 7.05 Å². The molecule has 1 heterocycles. The maximum Gasteiger partial charge on any atom is 0.0698 e. The van der Waals surface area contributed by atoms with Gasteiger partial charge in [-0.05, 0) is 48.8 Å². The molecular formula is C15H20BrN3. The molecule has 0 amide bonds. The van der Waals surface area contributed by atoms with Crippen LogP contribution in [-0.4, -0.2) is 16.8 Å². The average Bonchev–Trinajstić information content (AvgIpc) is 2.77. The summed E-state index contributed by atoms with van der Waals surface area (Å²) in [6.07, 6.45) is 2.84. The Labute approximate surface area is 123 Å². The fourth-order valence-corrected chi connectivity index (χ4v) is 2.95. The third-order valence-corrected chi connectivity index (χ3v) is 3.94. The first-order chi connectivity index (χ1) is 9.15. The van der Waals surface area contributed by atoms with Gasteiger partial charge in [0.15, 0.2) is 0 Å². The number of aromatic nitrogens is 2. The minimum Gasteiger partial charge on any atom is -0.311 e. The summed E-state index contributed by atoms with van der Waals surface area (Å²) in [5.41, 5.74) is 3.86. The molecule has 2 rings (SSSR count). The molecule has 0 spiro atoms. The van der Waals surface area contributed by atoms with Crippen LogP contribution in [-0.2, 0) is 13.0 Å². The molecule has 0 aliphatic heterocycles. The van der Waals surface area contributed by atoms with Gasteiger partial charge in [-0.2, -0.15) is 5.10 Å². The Morgan fingerprint density at radius 2 is 2.21 bits per heavy atom. The third-order valence-electron chi connectivity index (χ3n) is 3.33. The van der Waals surface area contributed by atoms with Crippen LogP contribution in [0.3, 0.4) is 0 Å². The summed E-state index contributed by atoms with van der Waals surface area (Å²) in [5.74, 6) is 0. The van der Waals surface area contributed by atoms with Gasteiger partial charge in [-0.25, -0.2) is 0 Å². The Bertz CT molecular complexity index is 548. The van der Waals surface area contributed by atoms with Crippen molar-refractivity contribution in [3.63, 3.8) is 0 Å². The minimum atomic E-state index is 0.263. The molecule has 3 nitrogen and oxygen atoms in total. The average molecular weight is 322 g/mol. The van der Waals surface area contributed by atoms with Crippen LogP contribution in [0.15, 0.2) is 34.9 Å². The molecule has 0 fully saturated rings. The van der Waals surface area contributed by atoms with Gasteiger partial charge in [-0.1, -0.05) is 29.8 Å². The van der Waals surface area contributed by atoms with E-state index in [1.807, 2.05) is 17.9 Å². The van der Waals surface area contributed by atoms with E-state index >= 15 is 0 Å². The van der Waals surface area contributed by atoms with E-state index in [2.05, 4.69) is 64.5 Å². The first-order valence-electron chi connectivity index (χ1n) is 6.59. The molecular weight excluding hydrogens is 302 g/mol. The molecule has 1 atom stereocenters. The summed E-state index contributed by atoms with van der Waals surface area (Å²) in [4.78, 5) is 0. The number of aryl methyl sites for hydroxylation is 2. The summed E-state index contributed by atoms with van der Waals surface area (Å²) in [7, 11) is 2.00. The Balaban J connectivity index is 2.27. The van der Waals surface area contributed by atoms with Crippen LogP contribution < -0.4 is 5.32 Å². The lowest BCUT2D eigenvalue weighted by Crippen LogP contribution is -2.22. The van der Waals surface area contributed by atoms with Gasteiger partial charge in [-0.3, -0.25) is 4.68 Å². The van der Waals surface area contributed by atoms with Crippen molar-refractivity contribution in [3.05, 3.63) is 51.8 Å². The highest BCUT2D eigenvalue weighted by atomic mass is 79.9. The second kappa shape index (κ2) is 6.35. The van der Waals surface area contributed by atoms with Crippen LogP contribution in [0.2, 0.25) is 0 Å². The third kappa shape index (κ3) is 3.25. The molecule has 4 heteroatoms. The largest absolute Gasteiger partial charge is 0.311 e. The smallest absolute Gasteiger partial charge is 0.0698 e. The molecule has 1 aromatic heterocycles. The number of halogens is 1. The second-order valence-corrected chi connectivity index (χ2v) is 5.58. The highest BCUT2D eigenvalue weighted by molar-refractivity contribution is 9.10. The Hall–Kier alpha value is -1.13. The van der Waals surface area contributed by atoms with Crippen LogP contribution in [0.5, 0.6) is 0 Å². The number of hydrogen-bond donors (Lipinski definition) is 1. The number of nitrogens with zero attached hydrogens (tertiary/aromatic N) is 2. The van der Waals surface area contributed by atoms with Crippen molar-refractivity contribution < 1.29 is 0 Å². The molecule has 1 aromatic carbocycles. The zero-order valence-electron chi connectivity index (χ0n) is 11.7. The lowest BCUT2D eigenvalue weighted by molar-refractivity contribution is 0.511. The van der Waals surface area contributed by atoms with Crippen LogP contribution in [0.4, 0.5) is 0 Å². The van der Waals surface area contributed by atoms with E-state index in [-0.39, 0.29) is 6.04 Å². The summed E-state index contributed by atoms with van der Waals surface area (Å²) in [6.45, 7) is 5.12. The Morgan fingerprint density at radius 1 is 1.42 bits per heavy atom. The molecule has 2 aromatic rings. The number of benzene rings is 1. The summed E-state index contributed by atoms with van der Waals surface area (Å²) in [5, 5.41) is 7.79. The number of nitrogens with one attached hydrogen (secondary N) is 1. The lowest BCUT2D eigenvalue weighted by Gasteiger charge is -2.18. The monoisotopic (exact) mass is 321 g/mol. The fourth-order valence-electron chi connectivity index (χ4n) is 2.38. The fraction of sp³-hybridized carbons (Fsp3) is 0.400. The van der Waals surface area contributed by atoms with Gasteiger partial charge in [0.2, 0.25) is 0 Å². The Kier molecular flexibility index (Phi) is 4.77. The molecule has 0 aliphatic carbocycles. The molecule has 0 saturated carbocycles. The quantitative estimate of drug-likeness (QED) is 0.913. The van der Waals surface area contributed by atoms with Crippen molar-refractivity contribution in [2.45, 2.75) is 32.9 Å². The number of rotatable bonds is 5. The first kappa shape index (κ1) is 14.3. The maximum absolute atomic E-state index is 4.39. The number of hydrogen-bond acceptors (Lipinski definition) is 2. The zero-order chi connectivity index (χ0) is 13.8. The van der Waals surface area contributed by atoms with Gasteiger partial charge in [-0.15, -0.1) is 0 Å². The number of likely N-dealkylation sites (N-methyl/N-ethyl adjacent to an activating group) is 1. The van der Waals surface area contributed by atoms with Crippen molar-refractivity contribution in [2.24, 2.45) is 0 Å². The van der Waals surface area contributed by atoms with Crippen molar-refractivity contribution in [1.29, 1.82) is 0 Å². The van der Waals surface area contributed by atoms with Gasteiger partial charge in [0.1, 0.15) is 0 Å². The van der Waals surface area contributed by atoms with Crippen LogP contribution in [0.1, 0.15) is 29.8 Å². The van der Waals surface area contributed by atoms with E-state index in [0.717, 1.165) is 17.4 Å². The molecule has 1 unspecified atom stereocenters. The second-order valence-electron chi connectivity index (χ2n) is 4.73. The highest BCUT2D eigenvalue weighted by Crippen LogP contribution is 2.26. The normalized spacial score (nSPS) is 12.6. The van der Waals surface area contributed by atoms with Gasteiger partial charge >= 0.3 is 0 Å². The van der Waals surface area contributed by atoms with E-state index in [1.54, 1.807) is 0 Å². The minimum absolute atomic E-state index is 0.263. The SMILES string of the molecule is CCn1ncc(Br)c1C(Cc1cccc(C)c1)NC. The molecule has 0 bridgehead atoms. The van der Waals surface area contributed by atoms with Gasteiger partial charge in [0, 0.05) is 6.54 Å². The van der Waals surface area contributed by atoms with E-state index in [9.17, 15) is 0 Å². The van der Waals surface area contributed by atoms with Gasteiger partial charge < -0.3 is 5.32 Å². The van der Waals surface area contributed by atoms with Crippen molar-refractivity contribution in [3.8, 4) is 0 Å². The first-order valence-corrected chi connectivity index (χ1v) is 7.39. The molecule has 1 N–H and O–H groups in total. The molecule has 19 heavy (non-hydrogen) atoms. The zero-order valence-corrected chi connectivity index (χ0v) is 13.2. The van der Waals surface area contributed by atoms with Crippen molar-refractivity contribution in [1.82, 2.24) is 15.1 Å². The molecule has 0 saturated heterocycles. The molecule has 102 valence electrons. The molecule has 0 radical (unpaired) electrons. The topological polar surface area (TPSA) is 29.9 Å². The van der Waals surface area contributed by atoms with E-state index < -0.39 is 0 Å². The lowest BCUT2D eigenvalue weighted by atomic mass is 10.0. The van der Waals surface area contributed by atoms with Crippen LogP contribution >= 0.6 is 15.9 Å². The summed E-state index contributed by atoms with van der Waals surface area (Å²) >= 11 is 3.60. The van der Waals surface area contributed by atoms with Gasteiger partial charge in [0.05, 0.1) is 22.4 Å². The standard InChI is InChI=1S/C15H20BrN3/c1-4-19-15(13(16)10-18-19)14(17-3)9-12-7-5-6-11(2)8-12/h5-8,10,14,17H,4,9H2,1-3H3. The van der Waals surface area contributed by atoms with Crippen molar-refractivity contribution >= 4 is 15.9 Å². The van der Waals surface area contributed by atoms with Crippen LogP contribution in [0.25, 0.3) is 0 Å². The predicted molar refractivity (Wildman–Crippen MR) is 82.3 cm³/mol. The highest BCUT2D eigenvalue weighted by Gasteiger charge is 2.18. The molecule has 0 aliphatic rings. The van der Waals surface area contributed by atoms with E-state index in [4.69, 9.17) is 0 Å². The van der Waals surface area contributed by atoms with Crippen LogP contribution in [0, 0.1) is 6.92 Å². The van der Waals surface area contributed by atoms with E-state index in [1.165, 1.54) is 16.8 Å². The summed E-state index contributed by atoms with van der Waals surface area (Å²) < 4.78 is 3.11. The Morgan fingerprint density at radius 3 is 2.84 bits per heavy atom. The van der Waals surface area contributed by atoms with Gasteiger partial charge in [0.25, 0.3) is 0 Å². The predicted octanol–water partition coefficient (Wildman–Crippen LogP) is 3.48.